The maximum absolute atomic E-state index is 12.1. The van der Waals surface area contributed by atoms with Crippen molar-refractivity contribution in [1.82, 2.24) is 4.90 Å². The minimum absolute atomic E-state index is 0.0354. The standard InChI is InChI=1S/C15H21N3O3/c1-4-17(5-2)15(20)16-12-6-7-14-13(10-12)18(11(3)19)8-9-21-14/h6-7,10H,4-5,8-9H2,1-3H3,(H,16,20). The molecule has 1 aliphatic heterocycles. The molecule has 6 heteroatoms. The smallest absolute Gasteiger partial charge is 0.321 e. The second kappa shape index (κ2) is 6.47. The molecule has 0 radical (unpaired) electrons. The van der Waals surface area contributed by atoms with Crippen LogP contribution in [0.4, 0.5) is 16.2 Å². The minimum atomic E-state index is -0.147. The molecule has 0 bridgehead atoms. The number of hydrogen-bond donors (Lipinski definition) is 1. The third-order valence-electron chi connectivity index (χ3n) is 3.50. The normalized spacial score (nSPS) is 13.2. The van der Waals surface area contributed by atoms with Crippen LogP contribution in [0.3, 0.4) is 0 Å². The van der Waals surface area contributed by atoms with Crippen molar-refractivity contribution in [2.24, 2.45) is 0 Å². The van der Waals surface area contributed by atoms with Gasteiger partial charge in [0.2, 0.25) is 5.91 Å². The predicted molar refractivity (Wildman–Crippen MR) is 81.9 cm³/mol. The molecule has 6 nitrogen and oxygen atoms in total. The predicted octanol–water partition coefficient (Wildman–Crippen LogP) is 2.31. The van der Waals surface area contributed by atoms with Gasteiger partial charge in [0, 0.05) is 25.7 Å². The Hall–Kier alpha value is -2.24. The quantitative estimate of drug-likeness (QED) is 0.929. The summed E-state index contributed by atoms with van der Waals surface area (Å²) in [5.74, 6) is 0.629. The highest BCUT2D eigenvalue weighted by atomic mass is 16.5. The molecule has 0 aliphatic carbocycles. The van der Waals surface area contributed by atoms with Gasteiger partial charge in [-0.1, -0.05) is 0 Å². The Morgan fingerprint density at radius 2 is 2.05 bits per heavy atom. The highest BCUT2D eigenvalue weighted by Gasteiger charge is 2.22. The number of urea groups is 1. The summed E-state index contributed by atoms with van der Waals surface area (Å²) in [5.41, 5.74) is 1.36. The second-order valence-electron chi connectivity index (χ2n) is 4.80. The summed E-state index contributed by atoms with van der Waals surface area (Å²) in [5, 5.41) is 2.85. The number of carbonyl (C=O) groups excluding carboxylic acids is 2. The van der Waals surface area contributed by atoms with Gasteiger partial charge in [-0.05, 0) is 32.0 Å². The van der Waals surface area contributed by atoms with Crippen LogP contribution in [0.5, 0.6) is 5.75 Å². The van der Waals surface area contributed by atoms with E-state index >= 15 is 0 Å². The first-order valence-electron chi connectivity index (χ1n) is 7.17. The van der Waals surface area contributed by atoms with Crippen molar-refractivity contribution in [2.45, 2.75) is 20.8 Å². The molecule has 21 heavy (non-hydrogen) atoms. The molecule has 0 saturated heterocycles. The van der Waals surface area contributed by atoms with Crippen LogP contribution < -0.4 is 15.0 Å². The first-order valence-corrected chi connectivity index (χ1v) is 7.17. The molecule has 1 aromatic carbocycles. The molecule has 1 heterocycles. The average Bonchev–Trinajstić information content (AvgIpc) is 2.47. The monoisotopic (exact) mass is 291 g/mol. The third kappa shape index (κ3) is 3.26. The fraction of sp³-hybridized carbons (Fsp3) is 0.467. The van der Waals surface area contributed by atoms with Crippen molar-refractivity contribution in [3.8, 4) is 5.75 Å². The van der Waals surface area contributed by atoms with Crippen LogP contribution in [0.25, 0.3) is 0 Å². The molecular formula is C15H21N3O3. The lowest BCUT2D eigenvalue weighted by Crippen LogP contribution is -2.37. The van der Waals surface area contributed by atoms with Crippen molar-refractivity contribution in [1.29, 1.82) is 0 Å². The summed E-state index contributed by atoms with van der Waals surface area (Å²) < 4.78 is 5.54. The highest BCUT2D eigenvalue weighted by molar-refractivity contribution is 5.96. The summed E-state index contributed by atoms with van der Waals surface area (Å²) in [7, 11) is 0. The van der Waals surface area contributed by atoms with Crippen LogP contribution in [0.15, 0.2) is 18.2 Å². The van der Waals surface area contributed by atoms with E-state index in [1.54, 1.807) is 28.0 Å². The summed E-state index contributed by atoms with van der Waals surface area (Å²) in [6.45, 7) is 7.69. The lowest BCUT2D eigenvalue weighted by Gasteiger charge is -2.29. The van der Waals surface area contributed by atoms with E-state index in [1.807, 2.05) is 13.8 Å². The van der Waals surface area contributed by atoms with Crippen molar-refractivity contribution in [3.05, 3.63) is 18.2 Å². The van der Waals surface area contributed by atoms with E-state index in [9.17, 15) is 9.59 Å². The number of benzene rings is 1. The van der Waals surface area contributed by atoms with E-state index < -0.39 is 0 Å². The first kappa shape index (κ1) is 15.2. The molecule has 114 valence electrons. The Kier molecular flexibility index (Phi) is 4.67. The zero-order valence-corrected chi connectivity index (χ0v) is 12.7. The van der Waals surface area contributed by atoms with Gasteiger partial charge in [0.15, 0.2) is 0 Å². The van der Waals surface area contributed by atoms with E-state index in [0.29, 0.717) is 43.4 Å². The Labute approximate surface area is 124 Å². The molecule has 0 saturated carbocycles. The molecular weight excluding hydrogens is 270 g/mol. The maximum Gasteiger partial charge on any atom is 0.321 e. The molecule has 1 N–H and O–H groups in total. The fourth-order valence-corrected chi connectivity index (χ4v) is 2.34. The minimum Gasteiger partial charge on any atom is -0.490 e. The SMILES string of the molecule is CCN(CC)C(=O)Nc1ccc2c(c1)N(C(C)=O)CCO2. The van der Waals surface area contributed by atoms with Crippen LogP contribution >= 0.6 is 0 Å². The fourth-order valence-electron chi connectivity index (χ4n) is 2.34. The van der Waals surface area contributed by atoms with Gasteiger partial charge in [-0.2, -0.15) is 0 Å². The number of rotatable bonds is 3. The number of ether oxygens (including phenoxy) is 1. The van der Waals surface area contributed by atoms with Crippen molar-refractivity contribution < 1.29 is 14.3 Å². The Bertz CT molecular complexity index is 541. The molecule has 0 aromatic heterocycles. The van der Waals surface area contributed by atoms with E-state index in [-0.39, 0.29) is 11.9 Å². The topological polar surface area (TPSA) is 61.9 Å². The summed E-state index contributed by atoms with van der Waals surface area (Å²) in [6, 6.07) is 5.19. The van der Waals surface area contributed by atoms with E-state index in [1.165, 1.54) is 6.92 Å². The van der Waals surface area contributed by atoms with Crippen LogP contribution in [0, 0.1) is 0 Å². The van der Waals surface area contributed by atoms with Gasteiger partial charge in [0.05, 0.1) is 12.2 Å². The number of amides is 3. The lowest BCUT2D eigenvalue weighted by atomic mass is 10.2. The van der Waals surface area contributed by atoms with Crippen molar-refractivity contribution in [2.75, 3.05) is 36.5 Å². The third-order valence-corrected chi connectivity index (χ3v) is 3.50. The van der Waals surface area contributed by atoms with Gasteiger partial charge in [-0.15, -0.1) is 0 Å². The van der Waals surface area contributed by atoms with Gasteiger partial charge in [-0.25, -0.2) is 4.79 Å². The summed E-state index contributed by atoms with van der Waals surface area (Å²) in [4.78, 5) is 27.1. The van der Waals surface area contributed by atoms with Crippen LogP contribution in [-0.4, -0.2) is 43.1 Å². The van der Waals surface area contributed by atoms with Gasteiger partial charge in [-0.3, -0.25) is 4.79 Å². The number of nitrogens with zero attached hydrogens (tertiary/aromatic N) is 2. The molecule has 1 aliphatic rings. The zero-order chi connectivity index (χ0) is 15.4. The first-order chi connectivity index (χ1) is 10.1. The van der Waals surface area contributed by atoms with Crippen molar-refractivity contribution >= 4 is 23.3 Å². The molecule has 1 aromatic rings. The molecule has 2 rings (SSSR count). The van der Waals surface area contributed by atoms with E-state index in [0.717, 1.165) is 0 Å². The van der Waals surface area contributed by atoms with Gasteiger partial charge >= 0.3 is 6.03 Å². The Balaban J connectivity index is 2.22. The molecule has 0 unspecified atom stereocenters. The van der Waals surface area contributed by atoms with Crippen molar-refractivity contribution in [3.63, 3.8) is 0 Å². The van der Waals surface area contributed by atoms with Crippen LogP contribution in [0.2, 0.25) is 0 Å². The molecule has 0 fully saturated rings. The summed E-state index contributed by atoms with van der Waals surface area (Å²) in [6.07, 6.45) is 0. The van der Waals surface area contributed by atoms with E-state index in [2.05, 4.69) is 5.32 Å². The number of anilines is 2. The van der Waals surface area contributed by atoms with Crippen LogP contribution in [0.1, 0.15) is 20.8 Å². The number of nitrogens with one attached hydrogen (secondary N) is 1. The van der Waals surface area contributed by atoms with Crippen LogP contribution in [-0.2, 0) is 4.79 Å². The molecule has 0 spiro atoms. The average molecular weight is 291 g/mol. The van der Waals surface area contributed by atoms with Gasteiger partial charge in [0.1, 0.15) is 12.4 Å². The second-order valence-corrected chi connectivity index (χ2v) is 4.80. The molecule has 3 amide bonds. The number of fused-ring (bicyclic) bond motifs is 1. The number of carbonyl (C=O) groups is 2. The highest BCUT2D eigenvalue weighted by Crippen LogP contribution is 2.34. The maximum atomic E-state index is 12.1. The summed E-state index contributed by atoms with van der Waals surface area (Å²) >= 11 is 0. The lowest BCUT2D eigenvalue weighted by molar-refractivity contribution is -0.116. The van der Waals surface area contributed by atoms with Gasteiger partial charge in [0.25, 0.3) is 0 Å². The van der Waals surface area contributed by atoms with Gasteiger partial charge < -0.3 is 19.9 Å². The largest absolute Gasteiger partial charge is 0.490 e. The molecule has 0 atom stereocenters. The Morgan fingerprint density at radius 3 is 2.67 bits per heavy atom. The zero-order valence-electron chi connectivity index (χ0n) is 12.7. The Morgan fingerprint density at radius 1 is 1.33 bits per heavy atom. The van der Waals surface area contributed by atoms with E-state index in [4.69, 9.17) is 4.74 Å². The number of hydrogen-bond acceptors (Lipinski definition) is 3.